The number of carbonyl (C=O) groups excluding carboxylic acids is 2. The van der Waals surface area contributed by atoms with Crippen molar-refractivity contribution in [3.63, 3.8) is 0 Å². The minimum absolute atomic E-state index is 0.0550. The molecule has 32 heavy (non-hydrogen) atoms. The number of rotatable bonds is 3. The topological polar surface area (TPSA) is 43.4 Å². The molecule has 3 heteroatoms. The Morgan fingerprint density at radius 1 is 0.719 bits per heavy atom. The minimum atomic E-state index is -0.642. The monoisotopic (exact) mass is 420 g/mol. The van der Waals surface area contributed by atoms with E-state index < -0.39 is 22.7 Å². The number of ether oxygens (including phenoxy) is 1. The highest BCUT2D eigenvalue weighted by molar-refractivity contribution is 6.04. The van der Waals surface area contributed by atoms with Gasteiger partial charge in [0, 0.05) is 16.7 Å². The maximum Gasteiger partial charge on any atom is 0.318 e. The fraction of sp³-hybridized carbons (Fsp3) is 0.241. The SMILES string of the molecule is CC1=C(c2ccccc2)[C@]2(C)[C@@H]3C(=O)OC(=O)[C@@H]3[C@@]1(c1ccccc1)[C@@H]2c1ccccc1. The van der Waals surface area contributed by atoms with Crippen molar-refractivity contribution in [3.8, 4) is 0 Å². The first-order valence-corrected chi connectivity index (χ1v) is 11.2. The van der Waals surface area contributed by atoms with Crippen molar-refractivity contribution < 1.29 is 14.3 Å². The van der Waals surface area contributed by atoms with E-state index in [-0.39, 0.29) is 17.9 Å². The lowest BCUT2D eigenvalue weighted by Gasteiger charge is -2.39. The van der Waals surface area contributed by atoms with Crippen molar-refractivity contribution in [3.05, 3.63) is 113 Å². The molecule has 1 saturated carbocycles. The number of benzene rings is 3. The Kier molecular flexibility index (Phi) is 3.92. The summed E-state index contributed by atoms with van der Waals surface area (Å²) < 4.78 is 5.33. The molecule has 6 rings (SSSR count). The van der Waals surface area contributed by atoms with Gasteiger partial charge in [0.05, 0.1) is 11.8 Å². The van der Waals surface area contributed by atoms with E-state index >= 15 is 0 Å². The van der Waals surface area contributed by atoms with E-state index in [2.05, 4.69) is 50.2 Å². The van der Waals surface area contributed by atoms with Gasteiger partial charge in [0.1, 0.15) is 0 Å². The molecule has 0 spiro atoms. The van der Waals surface area contributed by atoms with E-state index in [4.69, 9.17) is 4.74 Å². The van der Waals surface area contributed by atoms with Crippen molar-refractivity contribution in [2.45, 2.75) is 25.2 Å². The number of carbonyl (C=O) groups is 2. The maximum absolute atomic E-state index is 13.3. The molecule has 2 bridgehead atoms. The van der Waals surface area contributed by atoms with Crippen LogP contribution >= 0.6 is 0 Å². The highest BCUT2D eigenvalue weighted by Crippen LogP contribution is 2.79. The van der Waals surface area contributed by atoms with Crippen LogP contribution in [-0.4, -0.2) is 11.9 Å². The molecule has 1 saturated heterocycles. The quantitative estimate of drug-likeness (QED) is 0.413. The number of fused-ring (bicyclic) bond motifs is 5. The molecule has 0 unspecified atom stereocenters. The molecule has 3 aromatic carbocycles. The van der Waals surface area contributed by atoms with Gasteiger partial charge in [0.15, 0.2) is 0 Å². The number of hydrogen-bond acceptors (Lipinski definition) is 3. The summed E-state index contributed by atoms with van der Waals surface area (Å²) in [7, 11) is 0. The third kappa shape index (κ3) is 2.11. The predicted molar refractivity (Wildman–Crippen MR) is 123 cm³/mol. The highest BCUT2D eigenvalue weighted by Gasteiger charge is 2.79. The molecule has 0 aromatic heterocycles. The van der Waals surface area contributed by atoms with E-state index in [0.29, 0.717) is 0 Å². The van der Waals surface area contributed by atoms with Gasteiger partial charge >= 0.3 is 11.9 Å². The van der Waals surface area contributed by atoms with Crippen molar-refractivity contribution in [2.24, 2.45) is 17.3 Å². The van der Waals surface area contributed by atoms with Gasteiger partial charge in [-0.25, -0.2) is 0 Å². The van der Waals surface area contributed by atoms with E-state index in [1.54, 1.807) is 0 Å². The van der Waals surface area contributed by atoms with Gasteiger partial charge in [-0.2, -0.15) is 0 Å². The van der Waals surface area contributed by atoms with Crippen LogP contribution < -0.4 is 0 Å². The van der Waals surface area contributed by atoms with Gasteiger partial charge < -0.3 is 4.74 Å². The largest absolute Gasteiger partial charge is 0.393 e. The van der Waals surface area contributed by atoms with Crippen molar-refractivity contribution in [1.82, 2.24) is 0 Å². The Labute approximate surface area is 187 Å². The number of allylic oxidation sites excluding steroid dienone is 2. The lowest BCUT2D eigenvalue weighted by atomic mass is 9.61. The van der Waals surface area contributed by atoms with Gasteiger partial charge in [-0.15, -0.1) is 0 Å². The minimum Gasteiger partial charge on any atom is -0.393 e. The van der Waals surface area contributed by atoms with Crippen molar-refractivity contribution in [2.75, 3.05) is 0 Å². The first-order valence-electron chi connectivity index (χ1n) is 11.2. The van der Waals surface area contributed by atoms with Crippen LogP contribution in [0, 0.1) is 17.3 Å². The van der Waals surface area contributed by atoms with Crippen LogP contribution in [0.15, 0.2) is 96.6 Å². The van der Waals surface area contributed by atoms with Gasteiger partial charge in [0.2, 0.25) is 0 Å². The van der Waals surface area contributed by atoms with E-state index in [0.717, 1.165) is 16.7 Å². The maximum atomic E-state index is 13.3. The zero-order valence-electron chi connectivity index (χ0n) is 18.1. The fourth-order valence-electron chi connectivity index (χ4n) is 7.39. The molecule has 1 heterocycles. The van der Waals surface area contributed by atoms with Crippen molar-refractivity contribution in [1.29, 1.82) is 0 Å². The first-order chi connectivity index (χ1) is 15.5. The van der Waals surface area contributed by atoms with E-state index in [1.807, 2.05) is 54.6 Å². The van der Waals surface area contributed by atoms with Crippen LogP contribution in [0.2, 0.25) is 0 Å². The summed E-state index contributed by atoms with van der Waals surface area (Å²) in [6, 6.07) is 30.9. The molecule has 1 aliphatic heterocycles. The van der Waals surface area contributed by atoms with Gasteiger partial charge in [-0.1, -0.05) is 103 Å². The summed E-state index contributed by atoms with van der Waals surface area (Å²) in [5, 5.41) is 0. The summed E-state index contributed by atoms with van der Waals surface area (Å²) in [5.41, 5.74) is 4.45. The van der Waals surface area contributed by atoms with Gasteiger partial charge in [-0.3, -0.25) is 9.59 Å². The summed E-state index contributed by atoms with van der Waals surface area (Å²) in [6.07, 6.45) is 0. The summed E-state index contributed by atoms with van der Waals surface area (Å²) in [4.78, 5) is 26.5. The van der Waals surface area contributed by atoms with Crippen LogP contribution in [0.3, 0.4) is 0 Å². The van der Waals surface area contributed by atoms with E-state index in [1.165, 1.54) is 11.1 Å². The number of esters is 2. The molecule has 158 valence electrons. The molecular formula is C29H24O3. The molecule has 2 fully saturated rings. The number of cyclic esters (lactones) is 2. The normalized spacial score (nSPS) is 32.9. The molecule has 0 amide bonds. The average Bonchev–Trinajstić information content (AvgIpc) is 3.34. The Hall–Kier alpha value is -3.46. The van der Waals surface area contributed by atoms with Crippen LogP contribution in [0.25, 0.3) is 5.57 Å². The first kappa shape index (κ1) is 19.2. The van der Waals surface area contributed by atoms with Crippen LogP contribution in [0.4, 0.5) is 0 Å². The molecule has 3 aromatic rings. The zero-order valence-corrected chi connectivity index (χ0v) is 18.1. The molecule has 5 atom stereocenters. The van der Waals surface area contributed by atoms with Crippen LogP contribution in [-0.2, 0) is 19.7 Å². The molecule has 0 radical (unpaired) electrons. The second kappa shape index (κ2) is 6.52. The van der Waals surface area contributed by atoms with Crippen LogP contribution in [0.1, 0.15) is 36.5 Å². The Morgan fingerprint density at radius 2 is 1.25 bits per heavy atom. The fourth-order valence-corrected chi connectivity index (χ4v) is 7.39. The van der Waals surface area contributed by atoms with Gasteiger partial charge in [-0.05, 0) is 29.2 Å². The molecule has 3 nitrogen and oxygen atoms in total. The average molecular weight is 421 g/mol. The second-order valence-corrected chi connectivity index (χ2v) is 9.42. The van der Waals surface area contributed by atoms with E-state index in [9.17, 15) is 9.59 Å². The molecule has 3 aliphatic rings. The third-order valence-corrected chi connectivity index (χ3v) is 8.22. The zero-order chi connectivity index (χ0) is 22.1. The Balaban J connectivity index is 1.77. The van der Waals surface area contributed by atoms with Gasteiger partial charge in [0.25, 0.3) is 0 Å². The Bertz CT molecular complexity index is 1260. The molecular weight excluding hydrogens is 396 g/mol. The third-order valence-electron chi connectivity index (χ3n) is 8.22. The van der Waals surface area contributed by atoms with Crippen LogP contribution in [0.5, 0.6) is 0 Å². The Morgan fingerprint density at radius 3 is 1.88 bits per heavy atom. The number of hydrogen-bond donors (Lipinski definition) is 0. The molecule has 2 aliphatic carbocycles. The predicted octanol–water partition coefficient (Wildman–Crippen LogP) is 5.53. The standard InChI is InChI=1S/C29H24O3/c1-18-22(19-12-6-3-7-13-19)28(2)23-24(27(31)32-26(23)30)29(18,21-16-10-5-11-17-21)25(28)20-14-8-4-9-15-20/h3-17,23-25H,1-2H3/t23-,24+,25+,28+,29+/m0/s1. The van der Waals surface area contributed by atoms with Crippen molar-refractivity contribution >= 4 is 17.5 Å². The summed E-state index contributed by atoms with van der Waals surface area (Å²) in [5.74, 6) is -1.87. The second-order valence-electron chi connectivity index (χ2n) is 9.42. The molecule has 0 N–H and O–H groups in total. The summed E-state index contributed by atoms with van der Waals surface area (Å²) in [6.45, 7) is 4.33. The highest BCUT2D eigenvalue weighted by atomic mass is 16.6. The lowest BCUT2D eigenvalue weighted by Crippen LogP contribution is -2.40. The lowest BCUT2D eigenvalue weighted by molar-refractivity contribution is -0.155. The smallest absolute Gasteiger partial charge is 0.318 e. The summed E-state index contributed by atoms with van der Waals surface area (Å²) >= 11 is 0.